The van der Waals surface area contributed by atoms with Crippen LogP contribution in [0.1, 0.15) is 40.5 Å². The maximum absolute atomic E-state index is 11.8. The topological polar surface area (TPSA) is 46.6 Å². The summed E-state index contributed by atoms with van der Waals surface area (Å²) in [6.45, 7) is 8.36. The highest BCUT2D eigenvalue weighted by atomic mass is 16.6. The van der Waals surface area contributed by atoms with Gasteiger partial charge in [-0.1, -0.05) is 13.3 Å². The molecular weight excluding hydrogens is 206 g/mol. The standard InChI is InChI=1S/C12H21NO3/c1-5-9-6-10(14)8-13(7-9)11(15)16-12(2,3)4/h9H,5-8H2,1-4H3. The molecule has 0 aromatic rings. The average molecular weight is 227 g/mol. The van der Waals surface area contributed by atoms with E-state index in [0.29, 0.717) is 13.0 Å². The largest absolute Gasteiger partial charge is 0.444 e. The van der Waals surface area contributed by atoms with Crippen molar-refractivity contribution in [2.24, 2.45) is 5.92 Å². The van der Waals surface area contributed by atoms with Crippen LogP contribution in [0.4, 0.5) is 4.79 Å². The Labute approximate surface area is 96.9 Å². The SMILES string of the molecule is CCC1CC(=O)CN(C(=O)OC(C)(C)C)C1. The monoisotopic (exact) mass is 227 g/mol. The highest BCUT2D eigenvalue weighted by Crippen LogP contribution is 2.19. The van der Waals surface area contributed by atoms with E-state index in [1.54, 1.807) is 0 Å². The second-order valence-electron chi connectivity index (χ2n) is 5.38. The maximum atomic E-state index is 11.8. The first-order chi connectivity index (χ1) is 7.31. The number of hydrogen-bond acceptors (Lipinski definition) is 3. The van der Waals surface area contributed by atoms with Gasteiger partial charge in [0, 0.05) is 13.0 Å². The molecule has 1 rings (SSSR count). The van der Waals surface area contributed by atoms with Crippen LogP contribution in [0.15, 0.2) is 0 Å². The zero-order valence-corrected chi connectivity index (χ0v) is 10.6. The molecule has 0 aromatic heterocycles. The Morgan fingerprint density at radius 2 is 2.12 bits per heavy atom. The summed E-state index contributed by atoms with van der Waals surface area (Å²) in [7, 11) is 0. The molecule has 1 unspecified atom stereocenters. The number of nitrogens with zero attached hydrogens (tertiary/aromatic N) is 1. The van der Waals surface area contributed by atoms with Crippen molar-refractivity contribution in [3.05, 3.63) is 0 Å². The molecule has 4 heteroatoms. The fraction of sp³-hybridized carbons (Fsp3) is 0.833. The van der Waals surface area contributed by atoms with E-state index < -0.39 is 5.60 Å². The number of ketones is 1. The summed E-state index contributed by atoms with van der Waals surface area (Å²) in [5.41, 5.74) is -0.501. The highest BCUT2D eigenvalue weighted by Gasteiger charge is 2.30. The number of carbonyl (C=O) groups is 2. The lowest BCUT2D eigenvalue weighted by Gasteiger charge is -2.32. The zero-order valence-electron chi connectivity index (χ0n) is 10.6. The number of amides is 1. The van der Waals surface area contributed by atoms with Gasteiger partial charge < -0.3 is 9.64 Å². The molecule has 0 spiro atoms. The molecule has 0 bridgehead atoms. The van der Waals surface area contributed by atoms with Crippen LogP contribution in [-0.4, -0.2) is 35.5 Å². The highest BCUT2D eigenvalue weighted by molar-refractivity contribution is 5.85. The molecule has 1 heterocycles. The van der Waals surface area contributed by atoms with Gasteiger partial charge in [0.15, 0.2) is 5.78 Å². The van der Waals surface area contributed by atoms with E-state index in [9.17, 15) is 9.59 Å². The van der Waals surface area contributed by atoms with Crippen molar-refractivity contribution in [2.75, 3.05) is 13.1 Å². The van der Waals surface area contributed by atoms with Gasteiger partial charge in [-0.3, -0.25) is 4.79 Å². The number of piperidine rings is 1. The summed E-state index contributed by atoms with van der Waals surface area (Å²) in [5, 5.41) is 0. The molecule has 1 amide bonds. The molecule has 92 valence electrons. The van der Waals surface area contributed by atoms with Gasteiger partial charge in [0.25, 0.3) is 0 Å². The van der Waals surface area contributed by atoms with Crippen LogP contribution >= 0.6 is 0 Å². The van der Waals surface area contributed by atoms with Crippen molar-refractivity contribution in [1.29, 1.82) is 0 Å². The van der Waals surface area contributed by atoms with Gasteiger partial charge >= 0.3 is 6.09 Å². The normalized spacial score (nSPS) is 22.1. The Kier molecular flexibility index (Phi) is 3.94. The van der Waals surface area contributed by atoms with Crippen LogP contribution in [0.3, 0.4) is 0 Å². The van der Waals surface area contributed by atoms with Crippen molar-refractivity contribution >= 4 is 11.9 Å². The number of carbonyl (C=O) groups excluding carboxylic acids is 2. The minimum atomic E-state index is -0.501. The van der Waals surface area contributed by atoms with Gasteiger partial charge in [-0.05, 0) is 26.7 Å². The van der Waals surface area contributed by atoms with E-state index in [-0.39, 0.29) is 24.3 Å². The van der Waals surface area contributed by atoms with Gasteiger partial charge in [0.1, 0.15) is 5.60 Å². The smallest absolute Gasteiger partial charge is 0.410 e. The lowest BCUT2D eigenvalue weighted by atomic mass is 9.95. The lowest BCUT2D eigenvalue weighted by molar-refractivity contribution is -0.123. The summed E-state index contributed by atoms with van der Waals surface area (Å²) < 4.78 is 5.25. The van der Waals surface area contributed by atoms with Gasteiger partial charge in [0.2, 0.25) is 0 Å². The Balaban J connectivity index is 2.59. The second-order valence-corrected chi connectivity index (χ2v) is 5.38. The molecule has 4 nitrogen and oxygen atoms in total. The van der Waals surface area contributed by atoms with Crippen LogP contribution in [-0.2, 0) is 9.53 Å². The molecule has 1 aliphatic heterocycles. The molecule has 0 N–H and O–H groups in total. The van der Waals surface area contributed by atoms with Crippen molar-refractivity contribution in [3.8, 4) is 0 Å². The molecular formula is C12H21NO3. The van der Waals surface area contributed by atoms with Crippen molar-refractivity contribution in [3.63, 3.8) is 0 Å². The van der Waals surface area contributed by atoms with E-state index >= 15 is 0 Å². The van der Waals surface area contributed by atoms with Gasteiger partial charge in [0.05, 0.1) is 6.54 Å². The lowest BCUT2D eigenvalue weighted by Crippen LogP contribution is -2.46. The zero-order chi connectivity index (χ0) is 12.3. The molecule has 1 fully saturated rings. The molecule has 0 aliphatic carbocycles. The quantitative estimate of drug-likeness (QED) is 0.690. The number of hydrogen-bond donors (Lipinski definition) is 0. The fourth-order valence-corrected chi connectivity index (χ4v) is 1.78. The van der Waals surface area contributed by atoms with Crippen LogP contribution in [0, 0.1) is 5.92 Å². The van der Waals surface area contributed by atoms with E-state index in [0.717, 1.165) is 6.42 Å². The molecule has 1 aliphatic rings. The minimum absolute atomic E-state index is 0.129. The third-order valence-electron chi connectivity index (χ3n) is 2.59. The first kappa shape index (κ1) is 13.0. The predicted octanol–water partition coefficient (Wildman–Crippen LogP) is 2.22. The van der Waals surface area contributed by atoms with E-state index in [2.05, 4.69) is 0 Å². The number of ether oxygens (including phenoxy) is 1. The summed E-state index contributed by atoms with van der Waals surface area (Å²) in [5.74, 6) is 0.415. The van der Waals surface area contributed by atoms with Crippen LogP contribution < -0.4 is 0 Å². The first-order valence-electron chi connectivity index (χ1n) is 5.81. The Morgan fingerprint density at radius 1 is 1.50 bits per heavy atom. The average Bonchev–Trinajstić information content (AvgIpc) is 2.14. The van der Waals surface area contributed by atoms with Crippen molar-refractivity contribution in [2.45, 2.75) is 46.1 Å². The Bertz CT molecular complexity index is 280. The molecule has 0 radical (unpaired) electrons. The fourth-order valence-electron chi connectivity index (χ4n) is 1.78. The molecule has 1 saturated heterocycles. The number of likely N-dealkylation sites (tertiary alicyclic amines) is 1. The summed E-state index contributed by atoms with van der Waals surface area (Å²) in [4.78, 5) is 24.8. The summed E-state index contributed by atoms with van der Waals surface area (Å²) in [6.07, 6.45) is 1.14. The number of rotatable bonds is 1. The molecule has 0 aromatic carbocycles. The molecule has 1 atom stereocenters. The van der Waals surface area contributed by atoms with Crippen molar-refractivity contribution < 1.29 is 14.3 Å². The van der Waals surface area contributed by atoms with E-state index in [4.69, 9.17) is 4.74 Å². The number of Topliss-reactive ketones (excluding diaryl/α,β-unsaturated/α-hetero) is 1. The van der Waals surface area contributed by atoms with Gasteiger partial charge in [-0.2, -0.15) is 0 Å². The second kappa shape index (κ2) is 4.85. The third kappa shape index (κ3) is 3.83. The minimum Gasteiger partial charge on any atom is -0.444 e. The van der Waals surface area contributed by atoms with Crippen LogP contribution in [0.5, 0.6) is 0 Å². The summed E-state index contributed by atoms with van der Waals surface area (Å²) in [6, 6.07) is 0. The van der Waals surface area contributed by atoms with Gasteiger partial charge in [-0.15, -0.1) is 0 Å². The maximum Gasteiger partial charge on any atom is 0.410 e. The van der Waals surface area contributed by atoms with Crippen molar-refractivity contribution in [1.82, 2.24) is 4.90 Å². The first-order valence-corrected chi connectivity index (χ1v) is 5.81. The van der Waals surface area contributed by atoms with Crippen LogP contribution in [0.25, 0.3) is 0 Å². The van der Waals surface area contributed by atoms with E-state index in [1.807, 2.05) is 27.7 Å². The third-order valence-corrected chi connectivity index (χ3v) is 2.59. The molecule has 16 heavy (non-hydrogen) atoms. The van der Waals surface area contributed by atoms with Gasteiger partial charge in [-0.25, -0.2) is 4.79 Å². The Hall–Kier alpha value is -1.06. The summed E-state index contributed by atoms with van der Waals surface area (Å²) >= 11 is 0. The van der Waals surface area contributed by atoms with E-state index in [1.165, 1.54) is 4.90 Å². The predicted molar refractivity (Wildman–Crippen MR) is 61.2 cm³/mol. The van der Waals surface area contributed by atoms with Crippen LogP contribution in [0.2, 0.25) is 0 Å². The molecule has 0 saturated carbocycles. The Morgan fingerprint density at radius 3 is 2.62 bits per heavy atom.